The van der Waals surface area contributed by atoms with Crippen LogP contribution in [0.2, 0.25) is 0 Å². The molecule has 0 unspecified atom stereocenters. The summed E-state index contributed by atoms with van der Waals surface area (Å²) in [6.07, 6.45) is 2.70. The number of nitrogens with zero attached hydrogens (tertiary/aromatic N) is 4. The first-order valence-corrected chi connectivity index (χ1v) is 9.01. The lowest BCUT2D eigenvalue weighted by molar-refractivity contribution is 0.103. The van der Waals surface area contributed by atoms with E-state index < -0.39 is 5.82 Å². The van der Waals surface area contributed by atoms with E-state index in [1.54, 1.807) is 54.2 Å². The van der Waals surface area contributed by atoms with E-state index >= 15 is 0 Å². The average Bonchev–Trinajstić information content (AvgIpc) is 3.08. The molecular weight excluding hydrogens is 369 g/mol. The molecule has 0 aliphatic heterocycles. The van der Waals surface area contributed by atoms with Crippen LogP contribution in [0.15, 0.2) is 67.0 Å². The van der Waals surface area contributed by atoms with Gasteiger partial charge in [0.2, 0.25) is 5.95 Å². The third-order valence-corrected chi connectivity index (χ3v) is 4.65. The number of hydrogen-bond acceptors (Lipinski definition) is 5. The molecule has 0 radical (unpaired) electrons. The maximum absolute atomic E-state index is 14.3. The Morgan fingerprint density at radius 2 is 1.66 bits per heavy atom. The lowest BCUT2D eigenvalue weighted by Gasteiger charge is -2.09. The Bertz CT molecular complexity index is 1170. The van der Waals surface area contributed by atoms with Crippen LogP contribution in [-0.4, -0.2) is 25.3 Å². The lowest BCUT2D eigenvalue weighted by atomic mass is 10.0. The fourth-order valence-electron chi connectivity index (χ4n) is 2.92. The van der Waals surface area contributed by atoms with Crippen LogP contribution in [0, 0.1) is 12.7 Å². The smallest absolute Gasteiger partial charge is 0.227 e. The van der Waals surface area contributed by atoms with Gasteiger partial charge in [0.1, 0.15) is 11.5 Å². The van der Waals surface area contributed by atoms with Crippen molar-refractivity contribution >= 4 is 17.4 Å². The van der Waals surface area contributed by atoms with E-state index in [4.69, 9.17) is 0 Å². The molecule has 0 bridgehead atoms. The number of aryl methyl sites for hydroxylation is 1. The van der Waals surface area contributed by atoms with Gasteiger partial charge in [0, 0.05) is 23.9 Å². The van der Waals surface area contributed by atoms with Gasteiger partial charge in [-0.25, -0.2) is 19.3 Å². The van der Waals surface area contributed by atoms with Gasteiger partial charge in [0.15, 0.2) is 11.6 Å². The predicted octanol–water partition coefficient (Wildman–Crippen LogP) is 4.30. The molecule has 2 aromatic carbocycles. The Labute approximate surface area is 167 Å². The summed E-state index contributed by atoms with van der Waals surface area (Å²) in [5.41, 5.74) is 2.63. The molecule has 4 rings (SSSR count). The van der Waals surface area contributed by atoms with Crippen LogP contribution in [0.25, 0.3) is 11.4 Å². The minimum absolute atomic E-state index is 0.0518. The molecule has 29 heavy (non-hydrogen) atoms. The summed E-state index contributed by atoms with van der Waals surface area (Å²) in [7, 11) is 1.80. The predicted molar refractivity (Wildman–Crippen MR) is 109 cm³/mol. The van der Waals surface area contributed by atoms with Gasteiger partial charge in [-0.2, -0.15) is 0 Å². The average molecular weight is 387 g/mol. The number of ketones is 1. The normalized spacial score (nSPS) is 10.7. The van der Waals surface area contributed by atoms with Crippen LogP contribution >= 0.6 is 0 Å². The van der Waals surface area contributed by atoms with Crippen molar-refractivity contribution in [2.45, 2.75) is 6.92 Å². The zero-order valence-corrected chi connectivity index (χ0v) is 15.9. The molecular formula is C22H18FN5O. The molecule has 6 nitrogen and oxygen atoms in total. The van der Waals surface area contributed by atoms with Gasteiger partial charge in [-0.15, -0.1) is 0 Å². The second kappa shape index (κ2) is 7.63. The summed E-state index contributed by atoms with van der Waals surface area (Å²) in [6.45, 7) is 1.83. The lowest BCUT2D eigenvalue weighted by Crippen LogP contribution is -2.04. The zero-order valence-electron chi connectivity index (χ0n) is 15.9. The number of nitrogens with one attached hydrogen (secondary N) is 1. The molecule has 144 valence electrons. The summed E-state index contributed by atoms with van der Waals surface area (Å²) in [6, 6.07) is 16.1. The van der Waals surface area contributed by atoms with E-state index in [2.05, 4.69) is 20.3 Å². The van der Waals surface area contributed by atoms with Crippen molar-refractivity contribution in [3.05, 3.63) is 89.8 Å². The molecule has 7 heteroatoms. The second-order valence-electron chi connectivity index (χ2n) is 6.54. The Morgan fingerprint density at radius 3 is 2.31 bits per heavy atom. The number of aromatic nitrogens is 4. The molecule has 1 N–H and O–H groups in total. The van der Waals surface area contributed by atoms with Gasteiger partial charge < -0.3 is 9.88 Å². The largest absolute Gasteiger partial charge is 0.330 e. The van der Waals surface area contributed by atoms with Crippen LogP contribution in [0.3, 0.4) is 0 Å². The Hall–Kier alpha value is -3.87. The van der Waals surface area contributed by atoms with Crippen LogP contribution in [-0.2, 0) is 7.05 Å². The molecule has 0 saturated carbocycles. The van der Waals surface area contributed by atoms with Gasteiger partial charge in [-0.05, 0) is 31.2 Å². The molecule has 2 aromatic heterocycles. The van der Waals surface area contributed by atoms with Gasteiger partial charge in [-0.1, -0.05) is 30.3 Å². The monoisotopic (exact) mass is 387 g/mol. The van der Waals surface area contributed by atoms with Crippen LogP contribution in [0.1, 0.15) is 21.7 Å². The molecule has 0 aliphatic rings. The Balaban J connectivity index is 1.56. The fourth-order valence-corrected chi connectivity index (χ4v) is 2.92. The van der Waals surface area contributed by atoms with Crippen molar-refractivity contribution in [1.29, 1.82) is 0 Å². The third-order valence-electron chi connectivity index (χ3n) is 4.65. The molecule has 0 atom stereocenters. The van der Waals surface area contributed by atoms with E-state index in [-0.39, 0.29) is 17.4 Å². The second-order valence-corrected chi connectivity index (χ2v) is 6.54. The number of hydrogen-bond donors (Lipinski definition) is 1. The number of benzene rings is 2. The maximum atomic E-state index is 14.3. The Kier molecular flexibility index (Phi) is 4.87. The van der Waals surface area contributed by atoms with Crippen LogP contribution < -0.4 is 5.32 Å². The van der Waals surface area contributed by atoms with Crippen LogP contribution in [0.5, 0.6) is 0 Å². The zero-order chi connectivity index (χ0) is 20.4. The van der Waals surface area contributed by atoms with Crippen molar-refractivity contribution in [1.82, 2.24) is 19.5 Å². The summed E-state index contributed by atoms with van der Waals surface area (Å²) < 4.78 is 16.0. The van der Waals surface area contributed by atoms with E-state index in [1.165, 1.54) is 0 Å². The van der Waals surface area contributed by atoms with Crippen molar-refractivity contribution in [3.63, 3.8) is 0 Å². The fraction of sp³-hybridized carbons (Fsp3) is 0.0909. The molecule has 4 aromatic rings. The van der Waals surface area contributed by atoms with Crippen molar-refractivity contribution < 1.29 is 9.18 Å². The third kappa shape index (κ3) is 3.75. The quantitative estimate of drug-likeness (QED) is 0.517. The number of carbonyl (C=O) groups is 1. The summed E-state index contributed by atoms with van der Waals surface area (Å²) in [4.78, 5) is 25.0. The molecule has 0 amide bonds. The summed E-state index contributed by atoms with van der Waals surface area (Å²) >= 11 is 0. The van der Waals surface area contributed by atoms with Gasteiger partial charge in [-0.3, -0.25) is 4.79 Å². The summed E-state index contributed by atoms with van der Waals surface area (Å²) in [5.74, 6) is 0.431. The van der Waals surface area contributed by atoms with Gasteiger partial charge in [0.05, 0.1) is 18.1 Å². The highest BCUT2D eigenvalue weighted by Gasteiger charge is 2.14. The van der Waals surface area contributed by atoms with Crippen molar-refractivity contribution in [3.8, 4) is 11.4 Å². The number of halogens is 1. The van der Waals surface area contributed by atoms with E-state index in [9.17, 15) is 9.18 Å². The number of anilines is 2. The highest BCUT2D eigenvalue weighted by molar-refractivity contribution is 6.09. The maximum Gasteiger partial charge on any atom is 0.227 e. The first-order valence-electron chi connectivity index (χ1n) is 9.01. The number of imidazole rings is 1. The van der Waals surface area contributed by atoms with Gasteiger partial charge >= 0.3 is 0 Å². The highest BCUT2D eigenvalue weighted by atomic mass is 19.1. The minimum atomic E-state index is -0.526. The standard InChI is InChI=1S/C22H18FN5O/c1-14-24-13-19(28(14)2)20-18(23)12-25-22(27-20)26-17-10-8-16(9-11-17)21(29)15-6-4-3-5-7-15/h3-13H,1-2H3,(H,25,26,27). The van der Waals surface area contributed by atoms with E-state index in [0.717, 1.165) is 12.0 Å². The Morgan fingerprint density at radius 1 is 0.966 bits per heavy atom. The van der Waals surface area contributed by atoms with E-state index in [0.29, 0.717) is 22.5 Å². The molecule has 0 saturated heterocycles. The highest BCUT2D eigenvalue weighted by Crippen LogP contribution is 2.23. The molecule has 0 aliphatic carbocycles. The molecule has 2 heterocycles. The topological polar surface area (TPSA) is 72.7 Å². The minimum Gasteiger partial charge on any atom is -0.330 e. The number of rotatable bonds is 5. The summed E-state index contributed by atoms with van der Waals surface area (Å²) in [5, 5.41) is 3.04. The SMILES string of the molecule is Cc1ncc(-c2nc(Nc3ccc(C(=O)c4ccccc4)cc3)ncc2F)n1C. The first kappa shape index (κ1) is 18.5. The number of carbonyl (C=O) groups excluding carboxylic acids is 1. The first-order chi connectivity index (χ1) is 14.0. The van der Waals surface area contributed by atoms with Crippen molar-refractivity contribution in [2.75, 3.05) is 5.32 Å². The van der Waals surface area contributed by atoms with Crippen molar-refractivity contribution in [2.24, 2.45) is 7.05 Å². The van der Waals surface area contributed by atoms with Gasteiger partial charge in [0.25, 0.3) is 0 Å². The molecule has 0 fully saturated rings. The molecule has 0 spiro atoms. The van der Waals surface area contributed by atoms with Crippen LogP contribution in [0.4, 0.5) is 16.0 Å². The van der Waals surface area contributed by atoms with E-state index in [1.807, 2.05) is 25.1 Å².